The molecule has 0 heterocycles. The van der Waals surface area contributed by atoms with Gasteiger partial charge in [-0.15, -0.1) is 0 Å². The zero-order valence-corrected chi connectivity index (χ0v) is 7.29. The molecule has 0 atom stereocenters. The highest BCUT2D eigenvalue weighted by atomic mass is 16.4. The zero-order valence-electron chi connectivity index (χ0n) is 7.29. The first-order valence-electron chi connectivity index (χ1n) is 3.35. The van der Waals surface area contributed by atoms with Crippen molar-refractivity contribution in [2.75, 3.05) is 0 Å². The number of hydrogen-bond acceptors (Lipinski definition) is 4. The SMILES string of the molecule is CC(=NO)C(C)(C)C(C)=NO. The lowest BCUT2D eigenvalue weighted by Gasteiger charge is -2.21. The fourth-order valence-corrected chi connectivity index (χ4v) is 0.512. The summed E-state index contributed by atoms with van der Waals surface area (Å²) in [4.78, 5) is 0. The predicted molar refractivity (Wildman–Crippen MR) is 43.6 cm³/mol. The van der Waals surface area contributed by atoms with Gasteiger partial charge in [0.25, 0.3) is 0 Å². The van der Waals surface area contributed by atoms with Gasteiger partial charge in [0, 0.05) is 5.41 Å². The largest absolute Gasteiger partial charge is 0.411 e. The van der Waals surface area contributed by atoms with Crippen LogP contribution in [0.4, 0.5) is 0 Å². The summed E-state index contributed by atoms with van der Waals surface area (Å²) in [5, 5.41) is 23.0. The lowest BCUT2D eigenvalue weighted by atomic mass is 9.84. The smallest absolute Gasteiger partial charge is 0.0653 e. The summed E-state index contributed by atoms with van der Waals surface area (Å²) in [6.45, 7) is 6.98. The lowest BCUT2D eigenvalue weighted by Crippen LogP contribution is -2.29. The third kappa shape index (κ3) is 1.93. The Balaban J connectivity index is 4.73. The molecule has 2 N–H and O–H groups in total. The standard InChI is InChI=1S/C7H14N2O2/c1-5(8-10)7(3,4)6(2)9-11/h10-11H,1-4H3. The molecular weight excluding hydrogens is 144 g/mol. The van der Waals surface area contributed by atoms with Crippen LogP contribution in [-0.4, -0.2) is 21.8 Å². The van der Waals surface area contributed by atoms with E-state index in [1.54, 1.807) is 13.8 Å². The van der Waals surface area contributed by atoms with E-state index in [2.05, 4.69) is 10.3 Å². The average Bonchev–Trinajstić information content (AvgIpc) is 2.01. The summed E-state index contributed by atoms with van der Waals surface area (Å²) in [5.74, 6) is 0. The molecule has 0 saturated heterocycles. The second-order valence-corrected chi connectivity index (χ2v) is 3.00. The van der Waals surface area contributed by atoms with Crippen LogP contribution in [0.25, 0.3) is 0 Å². The van der Waals surface area contributed by atoms with E-state index in [0.717, 1.165) is 0 Å². The summed E-state index contributed by atoms with van der Waals surface area (Å²) in [5.41, 5.74) is 0.560. The normalized spacial score (nSPS) is 15.3. The molecular formula is C7H14N2O2. The highest BCUT2D eigenvalue weighted by Gasteiger charge is 2.26. The molecule has 0 saturated carbocycles. The molecule has 0 unspecified atom stereocenters. The zero-order chi connectivity index (χ0) is 9.07. The molecule has 0 bridgehead atoms. The molecule has 0 aliphatic rings. The van der Waals surface area contributed by atoms with Crippen molar-refractivity contribution in [2.24, 2.45) is 15.7 Å². The van der Waals surface area contributed by atoms with Gasteiger partial charge >= 0.3 is 0 Å². The molecule has 4 heteroatoms. The Morgan fingerprint density at radius 1 is 1.00 bits per heavy atom. The minimum Gasteiger partial charge on any atom is -0.411 e. The van der Waals surface area contributed by atoms with E-state index in [1.165, 1.54) is 0 Å². The fraction of sp³-hybridized carbons (Fsp3) is 0.714. The first kappa shape index (κ1) is 9.94. The van der Waals surface area contributed by atoms with E-state index in [4.69, 9.17) is 10.4 Å². The summed E-state index contributed by atoms with van der Waals surface area (Å²) in [6.07, 6.45) is 0. The van der Waals surface area contributed by atoms with Crippen LogP contribution in [0.15, 0.2) is 10.3 Å². The van der Waals surface area contributed by atoms with Crippen LogP contribution in [-0.2, 0) is 0 Å². The Morgan fingerprint density at radius 3 is 1.45 bits per heavy atom. The lowest BCUT2D eigenvalue weighted by molar-refractivity contribution is 0.306. The number of hydrogen-bond donors (Lipinski definition) is 2. The van der Waals surface area contributed by atoms with Crippen molar-refractivity contribution in [3.8, 4) is 0 Å². The van der Waals surface area contributed by atoms with Gasteiger partial charge in [-0.25, -0.2) is 0 Å². The van der Waals surface area contributed by atoms with E-state index < -0.39 is 5.41 Å². The highest BCUT2D eigenvalue weighted by Crippen LogP contribution is 2.19. The van der Waals surface area contributed by atoms with Gasteiger partial charge in [0.15, 0.2) is 0 Å². The number of oxime groups is 2. The van der Waals surface area contributed by atoms with Crippen molar-refractivity contribution in [1.82, 2.24) is 0 Å². The van der Waals surface area contributed by atoms with Crippen LogP contribution in [0.1, 0.15) is 27.7 Å². The van der Waals surface area contributed by atoms with Crippen molar-refractivity contribution in [2.45, 2.75) is 27.7 Å². The molecule has 0 aliphatic carbocycles. The third-order valence-corrected chi connectivity index (χ3v) is 2.11. The summed E-state index contributed by atoms with van der Waals surface area (Å²) in [6, 6.07) is 0. The molecule has 0 fully saturated rings. The average molecular weight is 158 g/mol. The van der Waals surface area contributed by atoms with Crippen LogP contribution in [0.2, 0.25) is 0 Å². The Morgan fingerprint density at radius 2 is 1.27 bits per heavy atom. The molecule has 4 nitrogen and oxygen atoms in total. The first-order chi connectivity index (χ1) is 4.96. The van der Waals surface area contributed by atoms with Crippen LogP contribution >= 0.6 is 0 Å². The first-order valence-corrected chi connectivity index (χ1v) is 3.35. The Kier molecular flexibility index (Phi) is 3.04. The van der Waals surface area contributed by atoms with E-state index in [-0.39, 0.29) is 0 Å². The van der Waals surface area contributed by atoms with Gasteiger partial charge in [-0.3, -0.25) is 0 Å². The van der Waals surface area contributed by atoms with Gasteiger partial charge in [-0.2, -0.15) is 0 Å². The van der Waals surface area contributed by atoms with E-state index in [0.29, 0.717) is 11.4 Å². The van der Waals surface area contributed by atoms with Crippen molar-refractivity contribution in [3.63, 3.8) is 0 Å². The number of rotatable bonds is 2. The van der Waals surface area contributed by atoms with Gasteiger partial charge in [-0.1, -0.05) is 10.3 Å². The summed E-state index contributed by atoms with van der Waals surface area (Å²) in [7, 11) is 0. The van der Waals surface area contributed by atoms with Crippen LogP contribution in [0.3, 0.4) is 0 Å². The maximum Gasteiger partial charge on any atom is 0.0653 e. The molecule has 0 aliphatic heterocycles. The molecule has 0 rings (SSSR count). The van der Waals surface area contributed by atoms with E-state index in [1.807, 2.05) is 13.8 Å². The molecule has 0 aromatic heterocycles. The van der Waals surface area contributed by atoms with Gasteiger partial charge < -0.3 is 10.4 Å². The summed E-state index contributed by atoms with van der Waals surface area (Å²) < 4.78 is 0. The van der Waals surface area contributed by atoms with Crippen LogP contribution < -0.4 is 0 Å². The van der Waals surface area contributed by atoms with Crippen molar-refractivity contribution >= 4 is 11.4 Å². The van der Waals surface area contributed by atoms with Crippen molar-refractivity contribution < 1.29 is 10.4 Å². The predicted octanol–water partition coefficient (Wildman–Crippen LogP) is 1.71. The molecule has 0 amide bonds. The van der Waals surface area contributed by atoms with Crippen LogP contribution in [0, 0.1) is 5.41 Å². The molecule has 0 aromatic carbocycles. The Labute approximate surface area is 66.2 Å². The third-order valence-electron chi connectivity index (χ3n) is 2.11. The summed E-state index contributed by atoms with van der Waals surface area (Å²) >= 11 is 0. The monoisotopic (exact) mass is 158 g/mol. The maximum absolute atomic E-state index is 8.47. The molecule has 0 radical (unpaired) electrons. The van der Waals surface area contributed by atoms with Gasteiger partial charge in [-0.05, 0) is 27.7 Å². The second kappa shape index (κ2) is 3.37. The highest BCUT2D eigenvalue weighted by molar-refractivity contribution is 6.08. The second-order valence-electron chi connectivity index (χ2n) is 3.00. The molecule has 0 aromatic rings. The van der Waals surface area contributed by atoms with E-state index in [9.17, 15) is 0 Å². The molecule has 0 spiro atoms. The van der Waals surface area contributed by atoms with Crippen molar-refractivity contribution in [1.29, 1.82) is 0 Å². The van der Waals surface area contributed by atoms with Crippen molar-refractivity contribution in [3.05, 3.63) is 0 Å². The number of nitrogens with zero attached hydrogens (tertiary/aromatic N) is 2. The van der Waals surface area contributed by atoms with E-state index >= 15 is 0 Å². The fourth-order valence-electron chi connectivity index (χ4n) is 0.512. The minimum absolute atomic E-state index is 0.483. The quantitative estimate of drug-likeness (QED) is 0.365. The van der Waals surface area contributed by atoms with Gasteiger partial charge in [0.2, 0.25) is 0 Å². The minimum atomic E-state index is -0.483. The molecule has 11 heavy (non-hydrogen) atoms. The topological polar surface area (TPSA) is 65.2 Å². The Hall–Kier alpha value is -1.06. The van der Waals surface area contributed by atoms with Gasteiger partial charge in [0.1, 0.15) is 0 Å². The molecule has 64 valence electrons. The maximum atomic E-state index is 8.47. The van der Waals surface area contributed by atoms with Gasteiger partial charge in [0.05, 0.1) is 11.4 Å². The Bertz CT molecular complexity index is 175. The van der Waals surface area contributed by atoms with Crippen LogP contribution in [0.5, 0.6) is 0 Å².